The lowest BCUT2D eigenvalue weighted by molar-refractivity contribution is -0.163. The van der Waals surface area contributed by atoms with Crippen molar-refractivity contribution in [2.45, 2.75) is 65.7 Å². The molecule has 5 unspecified atom stereocenters. The number of allylic oxidation sites excluding steroid dienone is 2. The molecule has 2 fully saturated rings. The Bertz CT molecular complexity index is 549. The van der Waals surface area contributed by atoms with Crippen molar-refractivity contribution in [2.75, 3.05) is 6.61 Å². The molecule has 0 aliphatic heterocycles. The van der Waals surface area contributed by atoms with E-state index in [2.05, 4.69) is 26.8 Å². The van der Waals surface area contributed by atoms with Crippen LogP contribution < -0.4 is 0 Å². The zero-order chi connectivity index (χ0) is 17.6. The van der Waals surface area contributed by atoms with Crippen LogP contribution in [0, 0.1) is 34.0 Å². The van der Waals surface area contributed by atoms with Crippen LogP contribution in [0.2, 0.25) is 0 Å². The van der Waals surface area contributed by atoms with Crippen molar-refractivity contribution in [3.8, 4) is 0 Å². The van der Waals surface area contributed by atoms with Crippen LogP contribution in [0.5, 0.6) is 0 Å². The standard InChI is InChI=1S/C21H32O3/c1-19(2)8-4-9-20(3)17(19)7-10-21(14-24)16(13-23)11-15(12-22)5-6-18(20)21/h5,12,14,16-18,23H,4,6-11,13H2,1-3H3. The molecular weight excluding hydrogens is 300 g/mol. The lowest BCUT2D eigenvalue weighted by atomic mass is 9.41. The summed E-state index contributed by atoms with van der Waals surface area (Å²) in [6, 6.07) is 0. The van der Waals surface area contributed by atoms with Crippen LogP contribution in [0.1, 0.15) is 65.7 Å². The average Bonchev–Trinajstić information content (AvgIpc) is 2.71. The van der Waals surface area contributed by atoms with Gasteiger partial charge < -0.3 is 9.90 Å². The number of fused-ring (bicyclic) bond motifs is 3. The van der Waals surface area contributed by atoms with Crippen LogP contribution in [0.4, 0.5) is 0 Å². The highest BCUT2D eigenvalue weighted by molar-refractivity contribution is 5.74. The Morgan fingerprint density at radius 2 is 1.92 bits per heavy atom. The molecule has 134 valence electrons. The second-order valence-electron chi connectivity index (χ2n) is 9.44. The summed E-state index contributed by atoms with van der Waals surface area (Å²) < 4.78 is 0. The minimum Gasteiger partial charge on any atom is -0.396 e. The number of hydrogen-bond donors (Lipinski definition) is 1. The van der Waals surface area contributed by atoms with Gasteiger partial charge in [0.25, 0.3) is 0 Å². The summed E-state index contributed by atoms with van der Waals surface area (Å²) >= 11 is 0. The van der Waals surface area contributed by atoms with Gasteiger partial charge in [-0.2, -0.15) is 0 Å². The third kappa shape index (κ3) is 2.42. The van der Waals surface area contributed by atoms with Gasteiger partial charge in [0, 0.05) is 12.0 Å². The van der Waals surface area contributed by atoms with Gasteiger partial charge in [-0.3, -0.25) is 4.79 Å². The topological polar surface area (TPSA) is 54.4 Å². The van der Waals surface area contributed by atoms with E-state index in [9.17, 15) is 14.7 Å². The first-order chi connectivity index (χ1) is 11.3. The molecule has 5 atom stereocenters. The molecule has 3 aliphatic rings. The Labute approximate surface area is 145 Å². The van der Waals surface area contributed by atoms with E-state index in [4.69, 9.17) is 0 Å². The van der Waals surface area contributed by atoms with Crippen LogP contribution >= 0.6 is 0 Å². The molecule has 0 amide bonds. The first-order valence-electron chi connectivity index (χ1n) is 9.55. The van der Waals surface area contributed by atoms with Crippen LogP contribution in [-0.4, -0.2) is 24.3 Å². The van der Waals surface area contributed by atoms with E-state index in [1.807, 2.05) is 0 Å². The highest BCUT2D eigenvalue weighted by Gasteiger charge is 2.61. The second-order valence-corrected chi connectivity index (χ2v) is 9.44. The largest absolute Gasteiger partial charge is 0.396 e. The van der Waals surface area contributed by atoms with Crippen molar-refractivity contribution in [3.63, 3.8) is 0 Å². The van der Waals surface area contributed by atoms with Crippen LogP contribution in [0.25, 0.3) is 0 Å². The maximum Gasteiger partial charge on any atom is 0.145 e. The monoisotopic (exact) mass is 332 g/mol. The molecule has 2 saturated carbocycles. The highest BCUT2D eigenvalue weighted by atomic mass is 16.3. The lowest BCUT2D eigenvalue weighted by Gasteiger charge is -2.63. The number of carbonyl (C=O) groups is 2. The molecule has 0 aromatic rings. The van der Waals surface area contributed by atoms with Gasteiger partial charge in [0.2, 0.25) is 0 Å². The lowest BCUT2D eigenvalue weighted by Crippen LogP contribution is -2.58. The Balaban J connectivity index is 2.09. The molecule has 0 saturated heterocycles. The van der Waals surface area contributed by atoms with E-state index < -0.39 is 5.41 Å². The Hall–Kier alpha value is -0.960. The van der Waals surface area contributed by atoms with E-state index in [0.717, 1.165) is 43.8 Å². The number of aldehydes is 2. The summed E-state index contributed by atoms with van der Waals surface area (Å²) in [7, 11) is 0. The van der Waals surface area contributed by atoms with Gasteiger partial charge in [-0.05, 0) is 72.7 Å². The molecule has 3 nitrogen and oxygen atoms in total. The fourth-order valence-corrected chi connectivity index (χ4v) is 6.86. The van der Waals surface area contributed by atoms with Crippen molar-refractivity contribution < 1.29 is 14.7 Å². The van der Waals surface area contributed by atoms with Crippen molar-refractivity contribution in [3.05, 3.63) is 11.6 Å². The van der Waals surface area contributed by atoms with E-state index in [1.54, 1.807) is 0 Å². The summed E-state index contributed by atoms with van der Waals surface area (Å²) in [5, 5.41) is 10.0. The smallest absolute Gasteiger partial charge is 0.145 e. The third-order valence-electron chi connectivity index (χ3n) is 8.04. The molecule has 0 bridgehead atoms. The molecule has 0 heterocycles. The fourth-order valence-electron chi connectivity index (χ4n) is 6.86. The molecule has 0 radical (unpaired) electrons. The molecule has 1 N–H and O–H groups in total. The average molecular weight is 332 g/mol. The molecule has 0 aromatic carbocycles. The Morgan fingerprint density at radius 1 is 1.17 bits per heavy atom. The number of rotatable bonds is 3. The molecule has 0 spiro atoms. The Kier molecular flexibility index (Phi) is 4.53. The molecule has 3 heteroatoms. The Morgan fingerprint density at radius 3 is 2.54 bits per heavy atom. The zero-order valence-electron chi connectivity index (χ0n) is 15.4. The van der Waals surface area contributed by atoms with E-state index >= 15 is 0 Å². The summed E-state index contributed by atoms with van der Waals surface area (Å²) in [5.74, 6) is 0.722. The normalized spacial score (nSPS) is 44.5. The van der Waals surface area contributed by atoms with Crippen LogP contribution in [0.3, 0.4) is 0 Å². The van der Waals surface area contributed by atoms with Gasteiger partial charge in [0.15, 0.2) is 0 Å². The van der Waals surface area contributed by atoms with Gasteiger partial charge in [-0.1, -0.05) is 33.3 Å². The molecular formula is C21H32O3. The summed E-state index contributed by atoms with van der Waals surface area (Å²) in [6.07, 6.45) is 11.0. The minimum atomic E-state index is -0.477. The second kappa shape index (κ2) is 6.09. The highest BCUT2D eigenvalue weighted by Crippen LogP contribution is 2.67. The molecule has 24 heavy (non-hydrogen) atoms. The van der Waals surface area contributed by atoms with E-state index in [-0.39, 0.29) is 23.9 Å². The maximum absolute atomic E-state index is 12.4. The van der Waals surface area contributed by atoms with Gasteiger partial charge in [0.05, 0.1) is 0 Å². The van der Waals surface area contributed by atoms with Crippen molar-refractivity contribution >= 4 is 12.6 Å². The molecule has 3 rings (SSSR count). The first kappa shape index (κ1) is 17.8. The van der Waals surface area contributed by atoms with E-state index in [0.29, 0.717) is 17.8 Å². The van der Waals surface area contributed by atoms with Crippen LogP contribution in [-0.2, 0) is 9.59 Å². The van der Waals surface area contributed by atoms with Gasteiger partial charge in [-0.25, -0.2) is 0 Å². The predicted molar refractivity (Wildman–Crippen MR) is 94.4 cm³/mol. The third-order valence-corrected chi connectivity index (χ3v) is 8.04. The number of carbonyl (C=O) groups excluding carboxylic acids is 2. The predicted octanol–water partition coefficient (Wildman–Crippen LogP) is 3.94. The van der Waals surface area contributed by atoms with Crippen molar-refractivity contribution in [2.24, 2.45) is 34.0 Å². The summed E-state index contributed by atoms with van der Waals surface area (Å²) in [6.45, 7) is 7.14. The maximum atomic E-state index is 12.4. The van der Waals surface area contributed by atoms with Gasteiger partial charge in [-0.15, -0.1) is 0 Å². The first-order valence-corrected chi connectivity index (χ1v) is 9.55. The van der Waals surface area contributed by atoms with E-state index in [1.165, 1.54) is 12.8 Å². The SMILES string of the molecule is CC1(C)CCCC2(C)C1CCC1(C=O)C(CO)CC(C=O)=CCC21. The number of aliphatic hydroxyl groups excluding tert-OH is 1. The van der Waals surface area contributed by atoms with Crippen LogP contribution in [0.15, 0.2) is 11.6 Å². The zero-order valence-corrected chi connectivity index (χ0v) is 15.4. The molecule has 3 aliphatic carbocycles. The van der Waals surface area contributed by atoms with Crippen molar-refractivity contribution in [1.82, 2.24) is 0 Å². The number of aliphatic hydroxyl groups is 1. The fraction of sp³-hybridized carbons (Fsp3) is 0.810. The summed E-state index contributed by atoms with van der Waals surface area (Å²) in [5.41, 5.74) is 0.706. The minimum absolute atomic E-state index is 0.00937. The number of hydrogen-bond acceptors (Lipinski definition) is 3. The van der Waals surface area contributed by atoms with Gasteiger partial charge >= 0.3 is 0 Å². The quantitative estimate of drug-likeness (QED) is 0.796. The van der Waals surface area contributed by atoms with Gasteiger partial charge in [0.1, 0.15) is 12.6 Å². The summed E-state index contributed by atoms with van der Waals surface area (Å²) in [4.78, 5) is 23.8. The molecule has 0 aromatic heterocycles. The van der Waals surface area contributed by atoms with Crippen molar-refractivity contribution in [1.29, 1.82) is 0 Å².